The van der Waals surface area contributed by atoms with Crippen LogP contribution in [0.3, 0.4) is 0 Å². The summed E-state index contributed by atoms with van der Waals surface area (Å²) in [7, 11) is 0. The summed E-state index contributed by atoms with van der Waals surface area (Å²) < 4.78 is 26.3. The molecule has 0 saturated heterocycles. The van der Waals surface area contributed by atoms with Gasteiger partial charge in [-0.15, -0.1) is 0 Å². The van der Waals surface area contributed by atoms with Gasteiger partial charge in [0, 0.05) is 6.42 Å². The minimum Gasteiger partial charge on any atom is -0.388 e. The van der Waals surface area contributed by atoms with Crippen molar-refractivity contribution >= 4 is 23.2 Å². The fourth-order valence-electron chi connectivity index (χ4n) is 1.73. The number of aliphatic hydroxyl groups excluding tert-OH is 1. The van der Waals surface area contributed by atoms with E-state index < -0.39 is 17.7 Å². The zero-order chi connectivity index (χ0) is 14.0. The molecule has 2 aromatic rings. The zero-order valence-electron chi connectivity index (χ0n) is 9.71. The molecule has 0 heterocycles. The minimum atomic E-state index is -0.890. The van der Waals surface area contributed by atoms with Crippen molar-refractivity contribution in [1.29, 1.82) is 0 Å². The molecule has 2 aromatic carbocycles. The van der Waals surface area contributed by atoms with Crippen molar-refractivity contribution in [2.45, 2.75) is 12.5 Å². The van der Waals surface area contributed by atoms with E-state index in [1.807, 2.05) is 0 Å². The molecule has 0 bridgehead atoms. The first kappa shape index (κ1) is 14.3. The van der Waals surface area contributed by atoms with Gasteiger partial charge in [-0.3, -0.25) is 0 Å². The molecule has 1 atom stereocenters. The van der Waals surface area contributed by atoms with Gasteiger partial charge in [-0.25, -0.2) is 8.78 Å². The second kappa shape index (κ2) is 5.87. The third kappa shape index (κ3) is 3.44. The van der Waals surface area contributed by atoms with Gasteiger partial charge in [0.05, 0.1) is 16.1 Å². The van der Waals surface area contributed by atoms with E-state index >= 15 is 0 Å². The lowest BCUT2D eigenvalue weighted by atomic mass is 10.0. The molecule has 19 heavy (non-hydrogen) atoms. The Morgan fingerprint density at radius 2 is 1.68 bits per heavy atom. The Morgan fingerprint density at radius 3 is 2.32 bits per heavy atom. The fraction of sp³-hybridized carbons (Fsp3) is 0.143. The van der Waals surface area contributed by atoms with Crippen LogP contribution in [0.25, 0.3) is 0 Å². The molecule has 0 radical (unpaired) electrons. The monoisotopic (exact) mass is 302 g/mol. The number of rotatable bonds is 3. The second-order valence-corrected chi connectivity index (χ2v) is 4.96. The van der Waals surface area contributed by atoms with Gasteiger partial charge in [0.1, 0.15) is 11.6 Å². The van der Waals surface area contributed by atoms with E-state index in [0.717, 1.165) is 0 Å². The highest BCUT2D eigenvalue weighted by Gasteiger charge is 2.12. The summed E-state index contributed by atoms with van der Waals surface area (Å²) in [6.07, 6.45) is -0.700. The highest BCUT2D eigenvalue weighted by atomic mass is 35.5. The van der Waals surface area contributed by atoms with Crippen molar-refractivity contribution in [1.82, 2.24) is 0 Å². The number of halogens is 4. The normalized spacial score (nSPS) is 12.5. The number of benzene rings is 2. The standard InChI is InChI=1S/C14H10Cl2F2O/c15-10-3-1-8(5-13(10)18)6-14(19)9-2-4-12(17)11(16)7-9/h1-5,7,14,19H,6H2. The fourth-order valence-corrected chi connectivity index (χ4v) is 2.03. The highest BCUT2D eigenvalue weighted by molar-refractivity contribution is 6.31. The van der Waals surface area contributed by atoms with Crippen LogP contribution in [0.2, 0.25) is 10.0 Å². The van der Waals surface area contributed by atoms with E-state index in [4.69, 9.17) is 23.2 Å². The van der Waals surface area contributed by atoms with Gasteiger partial charge < -0.3 is 5.11 Å². The molecule has 1 N–H and O–H groups in total. The first-order valence-corrected chi connectivity index (χ1v) is 6.30. The van der Waals surface area contributed by atoms with Gasteiger partial charge in [0.2, 0.25) is 0 Å². The van der Waals surface area contributed by atoms with E-state index in [1.165, 1.54) is 30.3 Å². The van der Waals surface area contributed by atoms with Crippen LogP contribution < -0.4 is 0 Å². The first-order chi connectivity index (χ1) is 8.97. The van der Waals surface area contributed by atoms with Crippen LogP contribution in [0.5, 0.6) is 0 Å². The van der Waals surface area contributed by atoms with Crippen LogP contribution in [0.1, 0.15) is 17.2 Å². The average molecular weight is 303 g/mol. The van der Waals surface area contributed by atoms with Gasteiger partial charge in [0.25, 0.3) is 0 Å². The third-order valence-electron chi connectivity index (χ3n) is 2.74. The van der Waals surface area contributed by atoms with Crippen LogP contribution in [0.4, 0.5) is 8.78 Å². The smallest absolute Gasteiger partial charge is 0.142 e. The molecule has 1 unspecified atom stereocenters. The number of aliphatic hydroxyl groups is 1. The Hall–Kier alpha value is -1.16. The third-order valence-corrected chi connectivity index (χ3v) is 3.34. The Labute approximate surface area is 119 Å². The maximum atomic E-state index is 13.3. The van der Waals surface area contributed by atoms with Crippen LogP contribution >= 0.6 is 23.2 Å². The van der Waals surface area contributed by atoms with Gasteiger partial charge in [0.15, 0.2) is 0 Å². The summed E-state index contributed by atoms with van der Waals surface area (Å²) in [5, 5.41) is 9.99. The van der Waals surface area contributed by atoms with Crippen LogP contribution in [-0.4, -0.2) is 5.11 Å². The van der Waals surface area contributed by atoms with Crippen molar-refractivity contribution < 1.29 is 13.9 Å². The van der Waals surface area contributed by atoms with Crippen LogP contribution in [0.15, 0.2) is 36.4 Å². The summed E-state index contributed by atoms with van der Waals surface area (Å²) in [5.41, 5.74) is 1.07. The van der Waals surface area contributed by atoms with E-state index in [9.17, 15) is 13.9 Å². The molecule has 0 amide bonds. The number of hydrogen-bond donors (Lipinski definition) is 1. The Balaban J connectivity index is 2.17. The van der Waals surface area contributed by atoms with Gasteiger partial charge in [-0.05, 0) is 35.4 Å². The van der Waals surface area contributed by atoms with Crippen LogP contribution in [0, 0.1) is 11.6 Å². The lowest BCUT2D eigenvalue weighted by Gasteiger charge is -2.12. The number of hydrogen-bond acceptors (Lipinski definition) is 1. The highest BCUT2D eigenvalue weighted by Crippen LogP contribution is 2.24. The SMILES string of the molecule is OC(Cc1ccc(Cl)c(F)c1)c1ccc(F)c(Cl)c1. The predicted molar refractivity (Wildman–Crippen MR) is 71.5 cm³/mol. The molecule has 0 aliphatic heterocycles. The van der Waals surface area contributed by atoms with E-state index in [2.05, 4.69) is 0 Å². The minimum absolute atomic E-state index is 0.0306. The van der Waals surface area contributed by atoms with Crippen molar-refractivity contribution in [2.24, 2.45) is 0 Å². The lowest BCUT2D eigenvalue weighted by molar-refractivity contribution is 0.178. The van der Waals surface area contributed by atoms with E-state index in [0.29, 0.717) is 11.1 Å². The average Bonchev–Trinajstić information content (AvgIpc) is 2.37. The molecule has 0 spiro atoms. The van der Waals surface area contributed by atoms with Gasteiger partial charge in [-0.2, -0.15) is 0 Å². The maximum absolute atomic E-state index is 13.3. The van der Waals surface area contributed by atoms with E-state index in [-0.39, 0.29) is 16.5 Å². The summed E-state index contributed by atoms with van der Waals surface area (Å²) in [6.45, 7) is 0. The molecule has 1 nitrogen and oxygen atoms in total. The summed E-state index contributed by atoms with van der Waals surface area (Å²) in [4.78, 5) is 0. The molecular formula is C14H10Cl2F2O. The molecular weight excluding hydrogens is 293 g/mol. The second-order valence-electron chi connectivity index (χ2n) is 4.14. The molecule has 0 aliphatic rings. The Morgan fingerprint density at radius 1 is 0.947 bits per heavy atom. The van der Waals surface area contributed by atoms with Crippen molar-refractivity contribution in [2.75, 3.05) is 0 Å². The molecule has 0 aromatic heterocycles. The van der Waals surface area contributed by atoms with Crippen molar-refractivity contribution in [3.8, 4) is 0 Å². The quantitative estimate of drug-likeness (QED) is 0.882. The molecule has 100 valence electrons. The lowest BCUT2D eigenvalue weighted by Crippen LogP contribution is -2.02. The summed E-state index contributed by atoms with van der Waals surface area (Å²) in [6, 6.07) is 8.29. The molecule has 0 fully saturated rings. The Bertz CT molecular complexity index is 602. The van der Waals surface area contributed by atoms with Crippen molar-refractivity contribution in [3.63, 3.8) is 0 Å². The largest absolute Gasteiger partial charge is 0.388 e. The topological polar surface area (TPSA) is 20.2 Å². The van der Waals surface area contributed by atoms with Gasteiger partial charge >= 0.3 is 0 Å². The summed E-state index contributed by atoms with van der Waals surface area (Å²) >= 11 is 11.2. The molecule has 5 heteroatoms. The van der Waals surface area contributed by atoms with Crippen molar-refractivity contribution in [3.05, 3.63) is 69.2 Å². The molecule has 0 saturated carbocycles. The maximum Gasteiger partial charge on any atom is 0.142 e. The Kier molecular flexibility index (Phi) is 4.40. The predicted octanol–water partition coefficient (Wildman–Crippen LogP) is 4.55. The zero-order valence-corrected chi connectivity index (χ0v) is 11.2. The first-order valence-electron chi connectivity index (χ1n) is 5.54. The van der Waals surface area contributed by atoms with Crippen LogP contribution in [-0.2, 0) is 6.42 Å². The summed E-state index contributed by atoms with van der Waals surface area (Å²) in [5.74, 6) is -1.08. The molecule has 2 rings (SSSR count). The van der Waals surface area contributed by atoms with Gasteiger partial charge in [-0.1, -0.05) is 35.3 Å². The molecule has 0 aliphatic carbocycles. The van der Waals surface area contributed by atoms with E-state index in [1.54, 1.807) is 6.07 Å².